The number of benzene rings is 1. The first-order chi connectivity index (χ1) is 7.68. The summed E-state index contributed by atoms with van der Waals surface area (Å²) in [6, 6.07) is 9.64. The highest BCUT2D eigenvalue weighted by Gasteiger charge is 2.14. The summed E-state index contributed by atoms with van der Waals surface area (Å²) in [7, 11) is 0. The minimum Gasteiger partial charge on any atom is -0.318 e. The number of nitrogens with one attached hydrogen (secondary N) is 1. The lowest BCUT2D eigenvalue weighted by atomic mass is 10.1. The lowest BCUT2D eigenvalue weighted by Crippen LogP contribution is -2.13. The smallest absolute Gasteiger partial charge is 0.153 e. The molecule has 84 valence electrons. The highest BCUT2D eigenvalue weighted by atomic mass is 15.2. The molecule has 1 atom stereocenters. The maximum atomic E-state index is 6.10. The van der Waals surface area contributed by atoms with Crippen LogP contribution in [0.2, 0.25) is 0 Å². The van der Waals surface area contributed by atoms with Crippen LogP contribution in [-0.4, -0.2) is 15.2 Å². The molecule has 0 amide bonds. The zero-order chi connectivity index (χ0) is 11.5. The van der Waals surface area contributed by atoms with Crippen molar-refractivity contribution < 1.29 is 0 Å². The van der Waals surface area contributed by atoms with Crippen molar-refractivity contribution in [3.8, 4) is 0 Å². The summed E-state index contributed by atoms with van der Waals surface area (Å²) < 4.78 is 0. The molecule has 0 fully saturated rings. The van der Waals surface area contributed by atoms with Crippen molar-refractivity contribution in [3.63, 3.8) is 0 Å². The van der Waals surface area contributed by atoms with E-state index in [4.69, 9.17) is 5.73 Å². The van der Waals surface area contributed by atoms with E-state index in [1.54, 1.807) is 0 Å². The summed E-state index contributed by atoms with van der Waals surface area (Å²) in [6.07, 6.45) is 0. The molecule has 0 bridgehead atoms. The van der Waals surface area contributed by atoms with Gasteiger partial charge in [-0.2, -0.15) is 5.10 Å². The number of aromatic nitrogens is 3. The van der Waals surface area contributed by atoms with Crippen molar-refractivity contribution in [3.05, 3.63) is 47.5 Å². The van der Waals surface area contributed by atoms with Crippen LogP contribution in [0.3, 0.4) is 0 Å². The topological polar surface area (TPSA) is 67.6 Å². The fourth-order valence-electron chi connectivity index (χ4n) is 1.50. The van der Waals surface area contributed by atoms with E-state index >= 15 is 0 Å². The Morgan fingerprint density at radius 1 is 1.19 bits per heavy atom. The molecule has 4 heteroatoms. The molecule has 0 unspecified atom stereocenters. The normalized spacial score (nSPS) is 13.0. The summed E-state index contributed by atoms with van der Waals surface area (Å²) >= 11 is 0. The second kappa shape index (κ2) is 4.45. The molecule has 0 saturated carbocycles. The van der Waals surface area contributed by atoms with Gasteiger partial charge in [0.25, 0.3) is 0 Å². The molecule has 0 saturated heterocycles. The van der Waals surface area contributed by atoms with E-state index in [9.17, 15) is 0 Å². The van der Waals surface area contributed by atoms with Crippen LogP contribution in [0.4, 0.5) is 0 Å². The SMILES string of the molecule is CC(C)c1n[nH]c([C@@H](N)c2ccccc2)n1. The highest BCUT2D eigenvalue weighted by Crippen LogP contribution is 2.17. The average Bonchev–Trinajstić information content (AvgIpc) is 2.78. The molecule has 2 aromatic rings. The quantitative estimate of drug-likeness (QED) is 0.824. The molecule has 0 spiro atoms. The molecule has 4 nitrogen and oxygen atoms in total. The minimum absolute atomic E-state index is 0.235. The van der Waals surface area contributed by atoms with E-state index in [1.807, 2.05) is 30.3 Å². The van der Waals surface area contributed by atoms with Crippen LogP contribution in [0.15, 0.2) is 30.3 Å². The van der Waals surface area contributed by atoms with Crippen LogP contribution < -0.4 is 5.73 Å². The van der Waals surface area contributed by atoms with Gasteiger partial charge in [-0.3, -0.25) is 5.10 Å². The Kier molecular flexibility index (Phi) is 3.01. The third kappa shape index (κ3) is 2.12. The van der Waals surface area contributed by atoms with E-state index in [0.717, 1.165) is 17.2 Å². The van der Waals surface area contributed by atoms with E-state index < -0.39 is 0 Å². The summed E-state index contributed by atoms with van der Waals surface area (Å²) in [5, 5.41) is 7.05. The van der Waals surface area contributed by atoms with Crippen LogP contribution in [0, 0.1) is 0 Å². The van der Waals surface area contributed by atoms with Gasteiger partial charge >= 0.3 is 0 Å². The molecule has 0 aliphatic heterocycles. The predicted octanol–water partition coefficient (Wildman–Crippen LogP) is 1.98. The van der Waals surface area contributed by atoms with Crippen LogP contribution in [0.1, 0.15) is 43.0 Å². The molecule has 2 rings (SSSR count). The maximum absolute atomic E-state index is 6.10. The average molecular weight is 216 g/mol. The number of H-pyrrole nitrogens is 1. The molecule has 16 heavy (non-hydrogen) atoms. The van der Waals surface area contributed by atoms with Crippen molar-refractivity contribution in [2.24, 2.45) is 5.73 Å². The number of rotatable bonds is 3. The van der Waals surface area contributed by atoms with Gasteiger partial charge in [-0.1, -0.05) is 44.2 Å². The first-order valence-corrected chi connectivity index (χ1v) is 5.41. The van der Waals surface area contributed by atoms with Gasteiger partial charge in [-0.05, 0) is 5.56 Å². The molecule has 0 aliphatic rings. The first-order valence-electron chi connectivity index (χ1n) is 5.41. The predicted molar refractivity (Wildman–Crippen MR) is 62.9 cm³/mol. The van der Waals surface area contributed by atoms with Gasteiger partial charge in [0.05, 0.1) is 6.04 Å². The van der Waals surface area contributed by atoms with Gasteiger partial charge in [0.1, 0.15) is 5.82 Å². The largest absolute Gasteiger partial charge is 0.318 e. The fraction of sp³-hybridized carbons (Fsp3) is 0.333. The number of nitrogens with zero attached hydrogens (tertiary/aromatic N) is 2. The number of aromatic amines is 1. The van der Waals surface area contributed by atoms with E-state index in [2.05, 4.69) is 29.0 Å². The maximum Gasteiger partial charge on any atom is 0.153 e. The van der Waals surface area contributed by atoms with E-state index in [1.165, 1.54) is 0 Å². The van der Waals surface area contributed by atoms with E-state index in [0.29, 0.717) is 5.92 Å². The molecule has 1 aromatic heterocycles. The molecular formula is C12H16N4. The Labute approximate surface area is 94.9 Å². The Hall–Kier alpha value is -1.68. The minimum atomic E-state index is -0.235. The van der Waals surface area contributed by atoms with Crippen LogP contribution in [-0.2, 0) is 0 Å². The lowest BCUT2D eigenvalue weighted by molar-refractivity contribution is 0.773. The van der Waals surface area contributed by atoms with Gasteiger partial charge in [0, 0.05) is 5.92 Å². The molecular weight excluding hydrogens is 200 g/mol. The zero-order valence-corrected chi connectivity index (χ0v) is 9.51. The zero-order valence-electron chi connectivity index (χ0n) is 9.51. The summed E-state index contributed by atoms with van der Waals surface area (Å²) in [5.41, 5.74) is 7.13. The highest BCUT2D eigenvalue weighted by molar-refractivity contribution is 5.23. The Bertz CT molecular complexity index is 447. The third-order valence-corrected chi connectivity index (χ3v) is 2.49. The van der Waals surface area contributed by atoms with Gasteiger partial charge < -0.3 is 5.73 Å². The second-order valence-electron chi connectivity index (χ2n) is 4.12. The fourth-order valence-corrected chi connectivity index (χ4v) is 1.50. The number of nitrogens with two attached hydrogens (primary N) is 1. The van der Waals surface area contributed by atoms with Crippen molar-refractivity contribution in [2.75, 3.05) is 0 Å². The van der Waals surface area contributed by atoms with E-state index in [-0.39, 0.29) is 6.04 Å². The van der Waals surface area contributed by atoms with Crippen molar-refractivity contribution >= 4 is 0 Å². The molecule has 0 aliphatic carbocycles. The monoisotopic (exact) mass is 216 g/mol. The molecule has 1 aromatic carbocycles. The van der Waals surface area contributed by atoms with Gasteiger partial charge in [-0.25, -0.2) is 4.98 Å². The second-order valence-corrected chi connectivity index (χ2v) is 4.12. The number of hydrogen-bond donors (Lipinski definition) is 2. The Morgan fingerprint density at radius 3 is 2.44 bits per heavy atom. The first kappa shape index (κ1) is 10.8. The van der Waals surface area contributed by atoms with Crippen molar-refractivity contribution in [2.45, 2.75) is 25.8 Å². The van der Waals surface area contributed by atoms with Crippen LogP contribution in [0.5, 0.6) is 0 Å². The summed E-state index contributed by atoms with van der Waals surface area (Å²) in [5.74, 6) is 1.84. The van der Waals surface area contributed by atoms with Crippen molar-refractivity contribution in [1.29, 1.82) is 0 Å². The van der Waals surface area contributed by atoms with Crippen LogP contribution in [0.25, 0.3) is 0 Å². The Morgan fingerprint density at radius 2 is 1.88 bits per heavy atom. The third-order valence-electron chi connectivity index (χ3n) is 2.49. The lowest BCUT2D eigenvalue weighted by Gasteiger charge is -2.07. The standard InChI is InChI=1S/C12H16N4/c1-8(2)11-14-12(16-15-11)10(13)9-6-4-3-5-7-9/h3-8,10H,13H2,1-2H3,(H,14,15,16)/t10-/m0/s1. The van der Waals surface area contributed by atoms with Gasteiger partial charge in [0.15, 0.2) is 5.82 Å². The number of hydrogen-bond acceptors (Lipinski definition) is 3. The van der Waals surface area contributed by atoms with Crippen molar-refractivity contribution in [1.82, 2.24) is 15.2 Å². The summed E-state index contributed by atoms with van der Waals surface area (Å²) in [6.45, 7) is 4.11. The molecule has 0 radical (unpaired) electrons. The molecule has 1 heterocycles. The van der Waals surface area contributed by atoms with Crippen LogP contribution >= 0.6 is 0 Å². The summed E-state index contributed by atoms with van der Waals surface area (Å²) in [4.78, 5) is 4.39. The van der Waals surface area contributed by atoms with Gasteiger partial charge in [-0.15, -0.1) is 0 Å². The van der Waals surface area contributed by atoms with Gasteiger partial charge in [0.2, 0.25) is 0 Å². The Balaban J connectivity index is 2.24. The molecule has 3 N–H and O–H groups in total.